The number of hydrogen-bond donors (Lipinski definition) is 2. The predicted molar refractivity (Wildman–Crippen MR) is 121 cm³/mol. The molecule has 2 N–H and O–H groups in total. The van der Waals surface area contributed by atoms with Crippen LogP contribution in [0.1, 0.15) is 27.4 Å². The minimum Gasteiger partial charge on any atom is -0.383 e. The molecule has 0 bridgehead atoms. The normalized spacial score (nSPS) is 12.0. The van der Waals surface area contributed by atoms with Crippen LogP contribution < -0.4 is 10.9 Å². The van der Waals surface area contributed by atoms with Crippen LogP contribution in [0.25, 0.3) is 10.9 Å². The lowest BCUT2D eigenvalue weighted by Gasteiger charge is -2.18. The summed E-state index contributed by atoms with van der Waals surface area (Å²) in [7, 11) is 1.58. The second kappa shape index (κ2) is 9.45. The van der Waals surface area contributed by atoms with Gasteiger partial charge in [-0.2, -0.15) is 0 Å². The van der Waals surface area contributed by atoms with Crippen molar-refractivity contribution >= 4 is 16.8 Å². The van der Waals surface area contributed by atoms with Gasteiger partial charge in [-0.15, -0.1) is 0 Å². The van der Waals surface area contributed by atoms with E-state index in [4.69, 9.17) is 4.74 Å². The maximum absolute atomic E-state index is 12.9. The molecule has 0 spiro atoms. The van der Waals surface area contributed by atoms with Crippen LogP contribution in [0.3, 0.4) is 0 Å². The van der Waals surface area contributed by atoms with Gasteiger partial charge in [0.15, 0.2) is 0 Å². The summed E-state index contributed by atoms with van der Waals surface area (Å²) < 4.78 is 6.54. The SMILES string of the molecule is COCCn1cc(C(=O)NCC(c2ccccc2)c2c[nH]c3ccccc23)ccc1=O. The molecule has 0 saturated heterocycles. The average Bonchev–Trinajstić information content (AvgIpc) is 3.23. The molecule has 6 heteroatoms. The van der Waals surface area contributed by atoms with E-state index in [-0.39, 0.29) is 17.4 Å². The monoisotopic (exact) mass is 415 g/mol. The van der Waals surface area contributed by atoms with Gasteiger partial charge in [-0.1, -0.05) is 48.5 Å². The van der Waals surface area contributed by atoms with Gasteiger partial charge in [0.05, 0.1) is 12.2 Å². The topological polar surface area (TPSA) is 76.1 Å². The number of ether oxygens (including phenoxy) is 1. The Labute approximate surface area is 180 Å². The number of H-pyrrole nitrogens is 1. The van der Waals surface area contributed by atoms with E-state index in [0.29, 0.717) is 25.3 Å². The molecule has 31 heavy (non-hydrogen) atoms. The molecule has 0 radical (unpaired) electrons. The summed E-state index contributed by atoms with van der Waals surface area (Å²) in [4.78, 5) is 28.2. The number of carbonyl (C=O) groups is 1. The van der Waals surface area contributed by atoms with Gasteiger partial charge in [0, 0.05) is 55.5 Å². The highest BCUT2D eigenvalue weighted by Gasteiger charge is 2.19. The Morgan fingerprint density at radius 1 is 1.06 bits per heavy atom. The van der Waals surface area contributed by atoms with Crippen LogP contribution in [-0.2, 0) is 11.3 Å². The molecule has 0 aliphatic heterocycles. The fraction of sp³-hybridized carbons (Fsp3) is 0.200. The second-order valence-electron chi connectivity index (χ2n) is 7.41. The largest absolute Gasteiger partial charge is 0.383 e. The number of aromatic nitrogens is 2. The maximum atomic E-state index is 12.9. The number of rotatable bonds is 8. The Hall–Kier alpha value is -3.64. The van der Waals surface area contributed by atoms with Gasteiger partial charge in [0.2, 0.25) is 0 Å². The average molecular weight is 415 g/mol. The number of hydrogen-bond acceptors (Lipinski definition) is 3. The van der Waals surface area contributed by atoms with E-state index < -0.39 is 0 Å². The van der Waals surface area contributed by atoms with Crippen LogP contribution in [0, 0.1) is 0 Å². The molecule has 4 aromatic rings. The molecule has 158 valence electrons. The summed E-state index contributed by atoms with van der Waals surface area (Å²) in [6.07, 6.45) is 3.60. The Morgan fingerprint density at radius 3 is 2.65 bits per heavy atom. The highest BCUT2D eigenvalue weighted by Crippen LogP contribution is 2.30. The quantitative estimate of drug-likeness (QED) is 0.462. The molecular formula is C25H25N3O3. The third-order valence-electron chi connectivity index (χ3n) is 5.45. The zero-order valence-corrected chi connectivity index (χ0v) is 17.4. The predicted octanol–water partition coefficient (Wildman–Crippen LogP) is 3.54. The molecule has 0 aliphatic rings. The second-order valence-corrected chi connectivity index (χ2v) is 7.41. The molecule has 1 unspecified atom stereocenters. The number of methoxy groups -OCH3 is 1. The molecule has 6 nitrogen and oxygen atoms in total. The molecule has 0 aliphatic carbocycles. The van der Waals surface area contributed by atoms with Gasteiger partial charge in [-0.25, -0.2) is 0 Å². The number of fused-ring (bicyclic) bond motifs is 1. The highest BCUT2D eigenvalue weighted by molar-refractivity contribution is 5.94. The van der Waals surface area contributed by atoms with E-state index in [1.165, 1.54) is 10.6 Å². The van der Waals surface area contributed by atoms with Gasteiger partial charge in [-0.05, 0) is 23.3 Å². The summed E-state index contributed by atoms with van der Waals surface area (Å²) >= 11 is 0. The zero-order chi connectivity index (χ0) is 21.6. The lowest BCUT2D eigenvalue weighted by Crippen LogP contribution is -2.30. The van der Waals surface area contributed by atoms with E-state index in [2.05, 4.69) is 28.5 Å². The van der Waals surface area contributed by atoms with Gasteiger partial charge in [0.1, 0.15) is 0 Å². The highest BCUT2D eigenvalue weighted by atomic mass is 16.5. The van der Waals surface area contributed by atoms with Gasteiger partial charge in [0.25, 0.3) is 11.5 Å². The first-order valence-electron chi connectivity index (χ1n) is 10.3. The van der Waals surface area contributed by atoms with Crippen molar-refractivity contribution in [1.29, 1.82) is 0 Å². The Kier molecular flexibility index (Phi) is 6.29. The van der Waals surface area contributed by atoms with Crippen LogP contribution in [-0.4, -0.2) is 35.7 Å². The van der Waals surface area contributed by atoms with E-state index in [1.807, 2.05) is 42.6 Å². The molecule has 2 aromatic carbocycles. The Balaban J connectivity index is 1.59. The molecule has 2 heterocycles. The van der Waals surface area contributed by atoms with E-state index in [0.717, 1.165) is 22.0 Å². The summed E-state index contributed by atoms with van der Waals surface area (Å²) in [5.74, 6) is -0.229. The summed E-state index contributed by atoms with van der Waals surface area (Å²) in [5, 5.41) is 4.19. The van der Waals surface area contributed by atoms with Gasteiger partial charge < -0.3 is 19.6 Å². The fourth-order valence-electron chi connectivity index (χ4n) is 3.80. The smallest absolute Gasteiger partial charge is 0.252 e. The number of benzene rings is 2. The van der Waals surface area contributed by atoms with Crippen LogP contribution in [0.5, 0.6) is 0 Å². The minimum absolute atomic E-state index is 0.0132. The lowest BCUT2D eigenvalue weighted by atomic mass is 9.91. The summed E-state index contributed by atoms with van der Waals surface area (Å²) in [6.45, 7) is 1.24. The van der Waals surface area contributed by atoms with E-state index in [9.17, 15) is 9.59 Å². The first-order valence-corrected chi connectivity index (χ1v) is 10.3. The molecule has 1 amide bonds. The van der Waals surface area contributed by atoms with E-state index in [1.54, 1.807) is 19.4 Å². The maximum Gasteiger partial charge on any atom is 0.252 e. The number of para-hydroxylation sites is 1. The molecule has 2 aromatic heterocycles. The fourth-order valence-corrected chi connectivity index (χ4v) is 3.80. The standard InChI is InChI=1S/C25H25N3O3/c1-31-14-13-28-17-19(11-12-24(28)29)25(30)27-15-21(18-7-3-2-4-8-18)22-16-26-23-10-6-5-9-20(22)23/h2-12,16-17,21,26H,13-15H2,1H3,(H,27,30). The molecule has 0 fully saturated rings. The third-order valence-corrected chi connectivity index (χ3v) is 5.45. The number of carbonyl (C=O) groups excluding carboxylic acids is 1. The van der Waals surface area contributed by atoms with Crippen molar-refractivity contribution in [3.63, 3.8) is 0 Å². The molecule has 1 atom stereocenters. The van der Waals surface area contributed by atoms with Gasteiger partial charge >= 0.3 is 0 Å². The number of nitrogens with one attached hydrogen (secondary N) is 2. The van der Waals surface area contributed by atoms with Crippen LogP contribution in [0.15, 0.2) is 83.9 Å². The van der Waals surface area contributed by atoms with Crippen molar-refractivity contribution in [3.05, 3.63) is 106 Å². The zero-order valence-electron chi connectivity index (χ0n) is 17.4. The number of pyridine rings is 1. The van der Waals surface area contributed by atoms with E-state index >= 15 is 0 Å². The van der Waals surface area contributed by atoms with Crippen molar-refractivity contribution in [1.82, 2.24) is 14.9 Å². The van der Waals surface area contributed by atoms with Crippen LogP contribution in [0.4, 0.5) is 0 Å². The Morgan fingerprint density at radius 2 is 1.84 bits per heavy atom. The molecule has 4 rings (SSSR count). The van der Waals surface area contributed by atoms with Crippen molar-refractivity contribution in [2.24, 2.45) is 0 Å². The first kappa shape index (κ1) is 20.6. The summed E-state index contributed by atoms with van der Waals surface area (Å²) in [6, 6.07) is 21.3. The van der Waals surface area contributed by atoms with Crippen molar-refractivity contribution in [2.45, 2.75) is 12.5 Å². The first-order chi connectivity index (χ1) is 15.2. The van der Waals surface area contributed by atoms with Crippen molar-refractivity contribution in [3.8, 4) is 0 Å². The number of aromatic amines is 1. The number of nitrogens with zero attached hydrogens (tertiary/aromatic N) is 1. The van der Waals surface area contributed by atoms with Crippen LogP contribution in [0.2, 0.25) is 0 Å². The third kappa shape index (κ3) is 4.59. The lowest BCUT2D eigenvalue weighted by molar-refractivity contribution is 0.0951. The van der Waals surface area contributed by atoms with Crippen molar-refractivity contribution in [2.75, 3.05) is 20.3 Å². The van der Waals surface area contributed by atoms with Crippen LogP contribution >= 0.6 is 0 Å². The molecule has 0 saturated carbocycles. The number of amides is 1. The molecular weight excluding hydrogens is 390 g/mol. The van der Waals surface area contributed by atoms with Crippen molar-refractivity contribution < 1.29 is 9.53 Å². The Bertz CT molecular complexity index is 1230. The minimum atomic E-state index is -0.216. The summed E-state index contributed by atoms with van der Waals surface area (Å²) in [5.41, 5.74) is 3.61. The van der Waals surface area contributed by atoms with Gasteiger partial charge in [-0.3, -0.25) is 9.59 Å².